The number of halogens is 4. The Morgan fingerprint density at radius 1 is 0.870 bits per heavy atom. The molecule has 3 aromatic rings. The van der Waals surface area contributed by atoms with Crippen LogP contribution in [0.3, 0.4) is 0 Å². The van der Waals surface area contributed by atoms with Crippen LogP contribution in [0.25, 0.3) is 0 Å². The second-order valence-corrected chi connectivity index (χ2v) is 6.57. The van der Waals surface area contributed by atoms with Crippen LogP contribution < -0.4 is 0 Å². The van der Waals surface area contributed by atoms with Gasteiger partial charge in [0.15, 0.2) is 5.82 Å². The van der Waals surface area contributed by atoms with Crippen LogP contribution in [0.15, 0.2) is 36.4 Å². The Morgan fingerprint density at radius 3 is 2.43 bits per heavy atom. The fourth-order valence-corrected chi connectivity index (χ4v) is 2.83. The average Bonchev–Trinajstić information content (AvgIpc) is 2.94. The molecule has 118 valence electrons. The van der Waals surface area contributed by atoms with E-state index in [9.17, 15) is 0 Å². The molecule has 1 aromatic heterocycles. The number of aromatic nitrogens is 4. The summed E-state index contributed by atoms with van der Waals surface area (Å²) in [6.45, 7) is 0.484. The molecular weight excluding hydrogens is 378 g/mol. The van der Waals surface area contributed by atoms with E-state index in [2.05, 4.69) is 15.5 Å². The fourth-order valence-electron chi connectivity index (χ4n) is 2.13. The van der Waals surface area contributed by atoms with E-state index in [4.69, 9.17) is 46.4 Å². The molecule has 8 heteroatoms. The van der Waals surface area contributed by atoms with Crippen LogP contribution in [0.4, 0.5) is 0 Å². The predicted molar refractivity (Wildman–Crippen MR) is 92.6 cm³/mol. The maximum absolute atomic E-state index is 6.20. The Labute approximate surface area is 152 Å². The minimum absolute atomic E-state index is 0.480. The van der Waals surface area contributed by atoms with E-state index in [1.165, 1.54) is 0 Å². The Bertz CT molecular complexity index is 847. The minimum atomic E-state index is 0.480. The Balaban J connectivity index is 1.84. The van der Waals surface area contributed by atoms with Crippen molar-refractivity contribution >= 4 is 46.4 Å². The molecule has 0 N–H and O–H groups in total. The number of hydrogen-bond acceptors (Lipinski definition) is 3. The first-order chi connectivity index (χ1) is 11.0. The molecule has 23 heavy (non-hydrogen) atoms. The highest BCUT2D eigenvalue weighted by molar-refractivity contribution is 6.42. The number of hydrogen-bond donors (Lipinski definition) is 0. The lowest BCUT2D eigenvalue weighted by Crippen LogP contribution is -2.08. The van der Waals surface area contributed by atoms with Crippen LogP contribution in [-0.2, 0) is 13.0 Å². The molecular formula is C15H10Cl4N4. The lowest BCUT2D eigenvalue weighted by atomic mass is 10.1. The SMILES string of the molecule is Clc1ccc(Cl)c(Cc2nnnn2Cc2ccc(Cl)c(Cl)c2)c1. The first-order valence-corrected chi connectivity index (χ1v) is 8.17. The van der Waals surface area contributed by atoms with Crippen LogP contribution in [0.2, 0.25) is 20.1 Å². The topological polar surface area (TPSA) is 43.6 Å². The standard InChI is InChI=1S/C15H10Cl4N4/c16-11-2-4-12(17)10(6-11)7-15-20-21-22-23(15)8-9-1-3-13(18)14(19)5-9/h1-6H,7-8H2. The van der Waals surface area contributed by atoms with Gasteiger partial charge in [-0.1, -0.05) is 52.5 Å². The second-order valence-electron chi connectivity index (χ2n) is 4.91. The van der Waals surface area contributed by atoms with Crippen LogP contribution in [0.5, 0.6) is 0 Å². The van der Waals surface area contributed by atoms with Gasteiger partial charge in [0.1, 0.15) is 0 Å². The second kappa shape index (κ2) is 7.05. The first-order valence-electron chi connectivity index (χ1n) is 6.66. The molecule has 0 radical (unpaired) electrons. The molecule has 2 aromatic carbocycles. The molecule has 0 saturated heterocycles. The summed E-state index contributed by atoms with van der Waals surface area (Å²) < 4.78 is 1.69. The normalized spacial score (nSPS) is 11.0. The van der Waals surface area contributed by atoms with E-state index in [-0.39, 0.29) is 0 Å². The molecule has 0 amide bonds. The van der Waals surface area contributed by atoms with Crippen LogP contribution in [0, 0.1) is 0 Å². The highest BCUT2D eigenvalue weighted by Gasteiger charge is 2.11. The quantitative estimate of drug-likeness (QED) is 0.637. The third-order valence-electron chi connectivity index (χ3n) is 3.28. The third-order valence-corrected chi connectivity index (χ3v) is 4.62. The monoisotopic (exact) mass is 386 g/mol. The zero-order valence-electron chi connectivity index (χ0n) is 11.7. The van der Waals surface area contributed by atoms with Crippen molar-refractivity contribution in [3.8, 4) is 0 Å². The van der Waals surface area contributed by atoms with Crippen molar-refractivity contribution in [2.24, 2.45) is 0 Å². The summed E-state index contributed by atoms with van der Waals surface area (Å²) in [5.41, 5.74) is 1.81. The smallest absolute Gasteiger partial charge is 0.156 e. The Hall–Kier alpha value is -1.33. The van der Waals surface area contributed by atoms with Crippen molar-refractivity contribution < 1.29 is 0 Å². The van der Waals surface area contributed by atoms with Crippen molar-refractivity contribution in [3.63, 3.8) is 0 Å². The highest BCUT2D eigenvalue weighted by Crippen LogP contribution is 2.24. The number of rotatable bonds is 4. The third kappa shape index (κ3) is 3.96. The van der Waals surface area contributed by atoms with Gasteiger partial charge in [0.05, 0.1) is 16.6 Å². The summed E-state index contributed by atoms with van der Waals surface area (Å²) in [4.78, 5) is 0. The molecule has 3 rings (SSSR count). The van der Waals surface area contributed by atoms with Crippen LogP contribution in [-0.4, -0.2) is 20.2 Å². The van der Waals surface area contributed by atoms with Crippen molar-refractivity contribution in [1.29, 1.82) is 0 Å². The summed E-state index contributed by atoms with van der Waals surface area (Å²) in [5.74, 6) is 0.681. The number of benzene rings is 2. The number of nitrogens with zero attached hydrogens (tertiary/aromatic N) is 4. The van der Waals surface area contributed by atoms with Gasteiger partial charge in [0.25, 0.3) is 0 Å². The van der Waals surface area contributed by atoms with Crippen molar-refractivity contribution in [2.45, 2.75) is 13.0 Å². The molecule has 0 bridgehead atoms. The van der Waals surface area contributed by atoms with E-state index < -0.39 is 0 Å². The molecule has 0 aliphatic heterocycles. The van der Waals surface area contributed by atoms with Crippen LogP contribution in [0.1, 0.15) is 17.0 Å². The van der Waals surface area contributed by atoms with Gasteiger partial charge >= 0.3 is 0 Å². The Morgan fingerprint density at radius 2 is 1.65 bits per heavy atom. The predicted octanol–water partition coefficient (Wildman–Crippen LogP) is 4.93. The fraction of sp³-hybridized carbons (Fsp3) is 0.133. The molecule has 0 fully saturated rings. The summed E-state index contributed by atoms with van der Waals surface area (Å²) in [6, 6.07) is 10.7. The van der Waals surface area contributed by atoms with Crippen LogP contribution >= 0.6 is 46.4 Å². The van der Waals surface area contributed by atoms with Crippen molar-refractivity contribution in [2.75, 3.05) is 0 Å². The summed E-state index contributed by atoms with van der Waals surface area (Å²) in [5, 5.41) is 14.1. The molecule has 4 nitrogen and oxygen atoms in total. The van der Waals surface area contributed by atoms with Gasteiger partial charge in [-0.2, -0.15) is 0 Å². The molecule has 0 saturated carbocycles. The van der Waals surface area contributed by atoms with Gasteiger partial charge < -0.3 is 0 Å². The average molecular weight is 388 g/mol. The largest absolute Gasteiger partial charge is 0.225 e. The van der Waals surface area contributed by atoms with E-state index in [0.29, 0.717) is 38.9 Å². The number of tetrazole rings is 1. The molecule has 0 aliphatic rings. The lowest BCUT2D eigenvalue weighted by Gasteiger charge is -2.07. The van der Waals surface area contributed by atoms with E-state index >= 15 is 0 Å². The van der Waals surface area contributed by atoms with Gasteiger partial charge in [-0.15, -0.1) is 5.10 Å². The zero-order valence-corrected chi connectivity index (χ0v) is 14.7. The summed E-state index contributed by atoms with van der Waals surface area (Å²) in [6.07, 6.45) is 0.480. The molecule has 0 atom stereocenters. The lowest BCUT2D eigenvalue weighted by molar-refractivity contribution is 0.625. The van der Waals surface area contributed by atoms with Gasteiger partial charge in [-0.3, -0.25) is 0 Å². The van der Waals surface area contributed by atoms with E-state index in [1.54, 1.807) is 28.9 Å². The van der Waals surface area contributed by atoms with Crippen molar-refractivity contribution in [1.82, 2.24) is 20.2 Å². The molecule has 0 aliphatic carbocycles. The Kier molecular flexibility index (Phi) is 5.07. The minimum Gasteiger partial charge on any atom is -0.225 e. The summed E-state index contributed by atoms with van der Waals surface area (Å²) >= 11 is 24.2. The van der Waals surface area contributed by atoms with Gasteiger partial charge in [0, 0.05) is 16.5 Å². The van der Waals surface area contributed by atoms with Gasteiger partial charge in [0.2, 0.25) is 0 Å². The zero-order chi connectivity index (χ0) is 16.4. The summed E-state index contributed by atoms with van der Waals surface area (Å²) in [7, 11) is 0. The van der Waals surface area contributed by atoms with Crippen molar-refractivity contribution in [3.05, 3.63) is 73.4 Å². The molecule has 0 spiro atoms. The maximum Gasteiger partial charge on any atom is 0.156 e. The first kappa shape index (κ1) is 16.5. The molecule has 0 unspecified atom stereocenters. The van der Waals surface area contributed by atoms with E-state index in [0.717, 1.165) is 11.1 Å². The highest BCUT2D eigenvalue weighted by atomic mass is 35.5. The van der Waals surface area contributed by atoms with Gasteiger partial charge in [-0.05, 0) is 51.9 Å². The van der Waals surface area contributed by atoms with Gasteiger partial charge in [-0.25, -0.2) is 4.68 Å². The van der Waals surface area contributed by atoms with E-state index in [1.807, 2.05) is 12.1 Å². The molecule has 1 heterocycles. The maximum atomic E-state index is 6.20.